The van der Waals surface area contributed by atoms with E-state index in [-0.39, 0.29) is 24.8 Å². The Morgan fingerprint density at radius 1 is 1.29 bits per heavy atom. The lowest BCUT2D eigenvalue weighted by molar-refractivity contribution is -0.134. The van der Waals surface area contributed by atoms with Crippen molar-refractivity contribution in [3.8, 4) is 0 Å². The average molecular weight is 439 g/mol. The highest BCUT2D eigenvalue weighted by Crippen LogP contribution is 2.37. The molecule has 1 unspecified atom stereocenters. The SMILES string of the molecule is CC(C)(C(=O)NCc1cc(Cl)c(C2CCC(=O)NC2=O)c(Cl)c1)c1ccsc1. The van der Waals surface area contributed by atoms with Crippen LogP contribution in [0.5, 0.6) is 0 Å². The molecule has 1 atom stereocenters. The number of nitrogens with one attached hydrogen (secondary N) is 2. The Kier molecular flexibility index (Phi) is 6.12. The predicted octanol–water partition coefficient (Wildman–Crippen LogP) is 4.17. The van der Waals surface area contributed by atoms with Gasteiger partial charge in [-0.15, -0.1) is 0 Å². The zero-order chi connectivity index (χ0) is 20.5. The van der Waals surface area contributed by atoms with Crippen molar-refractivity contribution in [3.05, 3.63) is 55.7 Å². The Labute approximate surface area is 177 Å². The Bertz CT molecular complexity index is 903. The maximum absolute atomic E-state index is 12.6. The average Bonchev–Trinajstić information content (AvgIpc) is 3.16. The van der Waals surface area contributed by atoms with Crippen molar-refractivity contribution in [1.82, 2.24) is 10.6 Å². The first-order chi connectivity index (χ1) is 13.2. The number of piperidine rings is 1. The smallest absolute Gasteiger partial charge is 0.234 e. The number of halogens is 2. The number of thiophene rings is 1. The second-order valence-electron chi connectivity index (χ2n) is 7.30. The van der Waals surface area contributed by atoms with Crippen molar-refractivity contribution in [1.29, 1.82) is 0 Å². The summed E-state index contributed by atoms with van der Waals surface area (Å²) in [5, 5.41) is 9.84. The normalized spacial score (nSPS) is 17.4. The number of rotatable bonds is 5. The van der Waals surface area contributed by atoms with Gasteiger partial charge in [0.15, 0.2) is 0 Å². The van der Waals surface area contributed by atoms with Crippen molar-refractivity contribution in [3.63, 3.8) is 0 Å². The topological polar surface area (TPSA) is 75.3 Å². The Balaban J connectivity index is 1.73. The Hall–Kier alpha value is -1.89. The summed E-state index contributed by atoms with van der Waals surface area (Å²) >= 11 is 14.3. The minimum absolute atomic E-state index is 0.104. The fourth-order valence-electron chi connectivity index (χ4n) is 3.20. The molecular formula is C20H20Cl2N2O3S. The van der Waals surface area contributed by atoms with Crippen LogP contribution in [0.3, 0.4) is 0 Å². The summed E-state index contributed by atoms with van der Waals surface area (Å²) in [4.78, 5) is 36.1. The quantitative estimate of drug-likeness (QED) is 0.687. The molecule has 1 aromatic carbocycles. The summed E-state index contributed by atoms with van der Waals surface area (Å²) in [5.41, 5.74) is 1.56. The molecule has 1 fully saturated rings. The van der Waals surface area contributed by atoms with Crippen LogP contribution < -0.4 is 10.6 Å². The summed E-state index contributed by atoms with van der Waals surface area (Å²) < 4.78 is 0. The van der Waals surface area contributed by atoms with E-state index in [0.29, 0.717) is 22.0 Å². The summed E-state index contributed by atoms with van der Waals surface area (Å²) in [5.74, 6) is -1.34. The summed E-state index contributed by atoms with van der Waals surface area (Å²) in [6, 6.07) is 5.33. The standard InChI is InChI=1S/C20H20Cl2N2O3S/c1-20(2,12-5-6-28-10-12)19(27)23-9-11-7-14(21)17(15(22)8-11)13-3-4-16(25)24-18(13)26/h5-8,10,13H,3-4,9H2,1-2H3,(H,23,27)(H,24,25,26). The van der Waals surface area contributed by atoms with Gasteiger partial charge in [0.25, 0.3) is 0 Å². The van der Waals surface area contributed by atoms with Gasteiger partial charge in [-0.3, -0.25) is 19.7 Å². The van der Waals surface area contributed by atoms with E-state index in [9.17, 15) is 14.4 Å². The van der Waals surface area contributed by atoms with Crippen LogP contribution in [0.2, 0.25) is 10.0 Å². The highest BCUT2D eigenvalue weighted by Gasteiger charge is 2.32. The van der Waals surface area contributed by atoms with E-state index in [4.69, 9.17) is 23.2 Å². The summed E-state index contributed by atoms with van der Waals surface area (Å²) in [7, 11) is 0. The van der Waals surface area contributed by atoms with Crippen molar-refractivity contribution in [2.45, 2.75) is 44.6 Å². The molecule has 28 heavy (non-hydrogen) atoms. The molecule has 2 aromatic rings. The molecule has 3 rings (SSSR count). The van der Waals surface area contributed by atoms with E-state index < -0.39 is 17.2 Å². The molecule has 0 spiro atoms. The Morgan fingerprint density at radius 3 is 2.54 bits per heavy atom. The molecule has 8 heteroatoms. The molecule has 2 heterocycles. The summed E-state index contributed by atoms with van der Waals surface area (Å²) in [6.07, 6.45) is 0.619. The van der Waals surface area contributed by atoms with Crippen LogP contribution >= 0.6 is 34.5 Å². The largest absolute Gasteiger partial charge is 0.351 e. The van der Waals surface area contributed by atoms with Gasteiger partial charge >= 0.3 is 0 Å². The fraction of sp³-hybridized carbons (Fsp3) is 0.350. The van der Waals surface area contributed by atoms with Gasteiger partial charge < -0.3 is 5.32 Å². The van der Waals surface area contributed by atoms with Gasteiger partial charge in [0.05, 0.1) is 11.3 Å². The lowest BCUT2D eigenvalue weighted by Crippen LogP contribution is -2.40. The van der Waals surface area contributed by atoms with E-state index in [1.165, 1.54) is 0 Å². The minimum Gasteiger partial charge on any atom is -0.351 e. The number of carbonyl (C=O) groups excluding carboxylic acids is 3. The molecule has 3 amide bonds. The minimum atomic E-state index is -0.653. The van der Waals surface area contributed by atoms with E-state index in [2.05, 4.69) is 10.6 Å². The van der Waals surface area contributed by atoms with E-state index in [1.807, 2.05) is 30.7 Å². The highest BCUT2D eigenvalue weighted by molar-refractivity contribution is 7.08. The summed E-state index contributed by atoms with van der Waals surface area (Å²) in [6.45, 7) is 4.01. The van der Waals surface area contributed by atoms with Gasteiger partial charge in [-0.25, -0.2) is 0 Å². The molecule has 0 aliphatic carbocycles. The van der Waals surface area contributed by atoms with Crippen LogP contribution in [0.4, 0.5) is 0 Å². The second kappa shape index (κ2) is 8.23. The second-order valence-corrected chi connectivity index (χ2v) is 8.89. The highest BCUT2D eigenvalue weighted by atomic mass is 35.5. The van der Waals surface area contributed by atoms with Gasteiger partial charge in [0.2, 0.25) is 17.7 Å². The van der Waals surface area contributed by atoms with Gasteiger partial charge in [-0.2, -0.15) is 11.3 Å². The van der Waals surface area contributed by atoms with Gasteiger partial charge in [-0.05, 0) is 60.4 Å². The number of imide groups is 1. The molecule has 2 N–H and O–H groups in total. The molecule has 0 saturated carbocycles. The zero-order valence-corrected chi connectivity index (χ0v) is 17.8. The molecular weight excluding hydrogens is 419 g/mol. The van der Waals surface area contributed by atoms with Crippen LogP contribution in [-0.2, 0) is 26.3 Å². The van der Waals surface area contributed by atoms with Crippen LogP contribution in [0.25, 0.3) is 0 Å². The third-order valence-corrected chi connectivity index (χ3v) is 6.30. The van der Waals surface area contributed by atoms with Crippen LogP contribution in [0.15, 0.2) is 29.0 Å². The van der Waals surface area contributed by atoms with E-state index in [0.717, 1.165) is 11.1 Å². The first-order valence-electron chi connectivity index (χ1n) is 8.82. The third-order valence-electron chi connectivity index (χ3n) is 4.99. The number of benzene rings is 1. The number of carbonyl (C=O) groups is 3. The first kappa shape index (κ1) is 20.8. The van der Waals surface area contributed by atoms with Crippen molar-refractivity contribution in [2.24, 2.45) is 0 Å². The number of amides is 3. The van der Waals surface area contributed by atoms with Crippen molar-refractivity contribution in [2.75, 3.05) is 0 Å². The van der Waals surface area contributed by atoms with Gasteiger partial charge in [0, 0.05) is 28.6 Å². The maximum Gasteiger partial charge on any atom is 0.234 e. The molecule has 1 aliphatic heterocycles. The molecule has 5 nitrogen and oxygen atoms in total. The molecule has 1 aliphatic rings. The molecule has 1 aromatic heterocycles. The molecule has 148 valence electrons. The number of hydrogen-bond donors (Lipinski definition) is 2. The maximum atomic E-state index is 12.6. The number of hydrogen-bond acceptors (Lipinski definition) is 4. The van der Waals surface area contributed by atoms with Gasteiger partial charge in [0.1, 0.15) is 0 Å². The monoisotopic (exact) mass is 438 g/mol. The first-order valence-corrected chi connectivity index (χ1v) is 10.5. The van der Waals surface area contributed by atoms with Crippen LogP contribution in [0, 0.1) is 0 Å². The van der Waals surface area contributed by atoms with E-state index >= 15 is 0 Å². The van der Waals surface area contributed by atoms with Crippen LogP contribution in [0.1, 0.15) is 49.3 Å². The van der Waals surface area contributed by atoms with Gasteiger partial charge in [-0.1, -0.05) is 23.2 Å². The fourth-order valence-corrected chi connectivity index (χ4v) is 4.81. The van der Waals surface area contributed by atoms with Crippen LogP contribution in [-0.4, -0.2) is 17.7 Å². The van der Waals surface area contributed by atoms with Crippen molar-refractivity contribution >= 4 is 52.3 Å². The zero-order valence-electron chi connectivity index (χ0n) is 15.5. The van der Waals surface area contributed by atoms with Crippen molar-refractivity contribution < 1.29 is 14.4 Å². The Morgan fingerprint density at radius 2 is 1.96 bits per heavy atom. The van der Waals surface area contributed by atoms with E-state index in [1.54, 1.807) is 23.5 Å². The molecule has 0 radical (unpaired) electrons. The third kappa shape index (κ3) is 4.24. The lowest BCUT2D eigenvalue weighted by atomic mass is 9.85. The predicted molar refractivity (Wildman–Crippen MR) is 111 cm³/mol. The molecule has 0 bridgehead atoms. The lowest BCUT2D eigenvalue weighted by Gasteiger charge is -2.24. The molecule has 1 saturated heterocycles.